The van der Waals surface area contributed by atoms with Gasteiger partial charge >= 0.3 is 5.97 Å². The fourth-order valence-corrected chi connectivity index (χ4v) is 1.97. The molecule has 0 saturated carbocycles. The molecule has 18 heavy (non-hydrogen) atoms. The number of carbonyl (C=O) groups is 2. The normalized spacial score (nSPS) is 13.9. The van der Waals surface area contributed by atoms with Crippen LogP contribution in [-0.4, -0.2) is 30.1 Å². The van der Waals surface area contributed by atoms with Gasteiger partial charge in [-0.05, 0) is 15.9 Å². The van der Waals surface area contributed by atoms with E-state index in [0.717, 1.165) is 0 Å². The molecule has 0 aliphatic carbocycles. The maximum Gasteiger partial charge on any atom is 0.377 e. The minimum atomic E-state index is -1.75. The summed E-state index contributed by atoms with van der Waals surface area (Å²) in [4.78, 5) is 22.2. The molecule has 7 heteroatoms. The number of carbonyl (C=O) groups excluding carboxylic acids is 1. The second-order valence-electron chi connectivity index (χ2n) is 3.56. The summed E-state index contributed by atoms with van der Waals surface area (Å²) in [5.41, 5.74) is -0.617. The zero-order valence-electron chi connectivity index (χ0n) is 9.03. The average Bonchev–Trinajstić information content (AvgIpc) is 2.55. The number of Topliss-reactive ketones (excluding diaryl/α,β-unsaturated/α-hetero) is 1. The van der Waals surface area contributed by atoms with Crippen molar-refractivity contribution in [2.45, 2.75) is 6.42 Å². The van der Waals surface area contributed by atoms with Crippen molar-refractivity contribution >= 4 is 27.7 Å². The standard InChI is InChI=1S/C11H8BrFO5/c12-5-4-6-10(18-3-1-2-17-6)7(8(5)13)9(14)11(15)16/h4H,1-3H2,(H,15,16). The second-order valence-corrected chi connectivity index (χ2v) is 4.41. The lowest BCUT2D eigenvalue weighted by molar-refractivity contribution is -0.131. The minimum absolute atomic E-state index is 0.0450. The van der Waals surface area contributed by atoms with Crippen LogP contribution in [0, 0.1) is 5.82 Å². The molecule has 0 fully saturated rings. The summed E-state index contributed by atoms with van der Waals surface area (Å²) in [6, 6.07) is 1.31. The lowest BCUT2D eigenvalue weighted by atomic mass is 10.1. The first-order chi connectivity index (χ1) is 8.52. The van der Waals surface area contributed by atoms with Crippen LogP contribution in [0.15, 0.2) is 10.5 Å². The number of carboxylic acid groups (broad SMARTS) is 1. The van der Waals surface area contributed by atoms with Crippen LogP contribution in [0.4, 0.5) is 4.39 Å². The molecule has 0 atom stereocenters. The third kappa shape index (κ3) is 2.17. The lowest BCUT2D eigenvalue weighted by Crippen LogP contribution is -2.16. The summed E-state index contributed by atoms with van der Waals surface area (Å²) in [6.07, 6.45) is 0.564. The van der Waals surface area contributed by atoms with Crippen molar-refractivity contribution in [2.24, 2.45) is 0 Å². The Morgan fingerprint density at radius 3 is 2.67 bits per heavy atom. The van der Waals surface area contributed by atoms with E-state index in [4.69, 9.17) is 14.6 Å². The highest BCUT2D eigenvalue weighted by molar-refractivity contribution is 9.10. The first-order valence-electron chi connectivity index (χ1n) is 5.07. The van der Waals surface area contributed by atoms with Gasteiger partial charge in [-0.1, -0.05) is 0 Å². The molecule has 2 rings (SSSR count). The Kier molecular flexibility index (Phi) is 3.51. The van der Waals surface area contributed by atoms with Crippen LogP contribution in [0.5, 0.6) is 11.5 Å². The van der Waals surface area contributed by atoms with Crippen LogP contribution in [0.2, 0.25) is 0 Å². The fourth-order valence-electron chi connectivity index (χ4n) is 1.56. The molecule has 0 aromatic heterocycles. The molecule has 0 radical (unpaired) electrons. The Morgan fingerprint density at radius 1 is 1.33 bits per heavy atom. The minimum Gasteiger partial charge on any atom is -0.489 e. The van der Waals surface area contributed by atoms with E-state index >= 15 is 0 Å². The molecule has 0 spiro atoms. The number of carboxylic acids is 1. The largest absolute Gasteiger partial charge is 0.489 e. The van der Waals surface area contributed by atoms with Crippen LogP contribution >= 0.6 is 15.9 Å². The second kappa shape index (κ2) is 4.93. The smallest absolute Gasteiger partial charge is 0.377 e. The number of benzene rings is 1. The van der Waals surface area contributed by atoms with Gasteiger partial charge in [0.25, 0.3) is 5.78 Å². The SMILES string of the molecule is O=C(O)C(=O)c1c(F)c(Br)cc2c1OCCCO2. The fraction of sp³-hybridized carbons (Fsp3) is 0.273. The molecule has 96 valence electrons. The van der Waals surface area contributed by atoms with E-state index in [2.05, 4.69) is 15.9 Å². The first kappa shape index (κ1) is 12.8. The highest BCUT2D eigenvalue weighted by Crippen LogP contribution is 2.39. The van der Waals surface area contributed by atoms with Crippen molar-refractivity contribution in [3.8, 4) is 11.5 Å². The third-order valence-electron chi connectivity index (χ3n) is 2.35. The summed E-state index contributed by atoms with van der Waals surface area (Å²) in [6.45, 7) is 0.583. The number of hydrogen-bond donors (Lipinski definition) is 1. The maximum atomic E-state index is 13.9. The molecule has 1 heterocycles. The van der Waals surface area contributed by atoms with Crippen molar-refractivity contribution < 1.29 is 28.6 Å². The van der Waals surface area contributed by atoms with Crippen LogP contribution in [0.25, 0.3) is 0 Å². The Hall–Kier alpha value is -1.63. The number of fused-ring (bicyclic) bond motifs is 1. The third-order valence-corrected chi connectivity index (χ3v) is 2.93. The molecule has 0 saturated heterocycles. The van der Waals surface area contributed by atoms with Gasteiger partial charge in [-0.2, -0.15) is 0 Å². The molecule has 0 amide bonds. The van der Waals surface area contributed by atoms with E-state index in [1.54, 1.807) is 0 Å². The zero-order valence-corrected chi connectivity index (χ0v) is 10.6. The van der Waals surface area contributed by atoms with Crippen molar-refractivity contribution in [1.29, 1.82) is 0 Å². The number of ether oxygens (including phenoxy) is 2. The van der Waals surface area contributed by atoms with Crippen LogP contribution in [-0.2, 0) is 4.79 Å². The molecule has 0 unspecified atom stereocenters. The maximum absolute atomic E-state index is 13.9. The molecule has 1 aliphatic rings. The predicted octanol–water partition coefficient (Wildman–Crippen LogP) is 2.02. The van der Waals surface area contributed by atoms with Gasteiger partial charge in [0.2, 0.25) is 0 Å². The number of halogens is 2. The van der Waals surface area contributed by atoms with Gasteiger partial charge in [0, 0.05) is 12.5 Å². The van der Waals surface area contributed by atoms with Gasteiger partial charge in [-0.15, -0.1) is 0 Å². The van der Waals surface area contributed by atoms with Gasteiger partial charge in [0.15, 0.2) is 17.3 Å². The highest BCUT2D eigenvalue weighted by atomic mass is 79.9. The van der Waals surface area contributed by atoms with Gasteiger partial charge in [0.05, 0.1) is 17.7 Å². The van der Waals surface area contributed by atoms with Gasteiger partial charge < -0.3 is 14.6 Å². The quantitative estimate of drug-likeness (QED) is 0.667. The summed E-state index contributed by atoms with van der Waals surface area (Å²) in [5, 5.41) is 8.69. The summed E-state index contributed by atoms with van der Waals surface area (Å²) < 4.78 is 24.3. The Labute approximate surface area is 110 Å². The van der Waals surface area contributed by atoms with Gasteiger partial charge in [0.1, 0.15) is 5.56 Å². The van der Waals surface area contributed by atoms with Crippen LogP contribution in [0.1, 0.15) is 16.8 Å². The summed E-state index contributed by atoms with van der Waals surface area (Å²) >= 11 is 2.91. The van der Waals surface area contributed by atoms with E-state index in [1.165, 1.54) is 6.07 Å². The Balaban J connectivity index is 2.65. The Bertz CT molecular complexity index is 529. The first-order valence-corrected chi connectivity index (χ1v) is 5.87. The van der Waals surface area contributed by atoms with E-state index in [0.29, 0.717) is 13.0 Å². The molecular formula is C11H8BrFO5. The number of hydrogen-bond acceptors (Lipinski definition) is 4. The highest BCUT2D eigenvalue weighted by Gasteiger charge is 2.30. The van der Waals surface area contributed by atoms with E-state index in [-0.39, 0.29) is 22.6 Å². The van der Waals surface area contributed by atoms with Gasteiger partial charge in [-0.25, -0.2) is 9.18 Å². The van der Waals surface area contributed by atoms with E-state index < -0.39 is 23.1 Å². The molecule has 1 aromatic rings. The van der Waals surface area contributed by atoms with E-state index in [1.807, 2.05) is 0 Å². The monoisotopic (exact) mass is 318 g/mol. The number of aliphatic carboxylic acids is 1. The molecule has 1 aliphatic heterocycles. The van der Waals surface area contributed by atoms with Crippen molar-refractivity contribution in [1.82, 2.24) is 0 Å². The summed E-state index contributed by atoms with van der Waals surface area (Å²) in [7, 11) is 0. The average molecular weight is 319 g/mol. The lowest BCUT2D eigenvalue weighted by Gasteiger charge is -2.12. The number of ketones is 1. The number of rotatable bonds is 2. The molecule has 5 nitrogen and oxygen atoms in total. The van der Waals surface area contributed by atoms with Crippen LogP contribution < -0.4 is 9.47 Å². The molecule has 1 N–H and O–H groups in total. The van der Waals surface area contributed by atoms with Crippen molar-refractivity contribution in [2.75, 3.05) is 13.2 Å². The Morgan fingerprint density at radius 2 is 2.00 bits per heavy atom. The van der Waals surface area contributed by atoms with Crippen molar-refractivity contribution in [3.05, 3.63) is 21.9 Å². The van der Waals surface area contributed by atoms with Gasteiger partial charge in [-0.3, -0.25) is 4.79 Å². The molecule has 1 aromatic carbocycles. The molecule has 0 bridgehead atoms. The topological polar surface area (TPSA) is 72.8 Å². The van der Waals surface area contributed by atoms with Crippen LogP contribution in [0.3, 0.4) is 0 Å². The summed E-state index contributed by atoms with van der Waals surface area (Å²) in [5.74, 6) is -4.07. The predicted molar refractivity (Wildman–Crippen MR) is 61.7 cm³/mol. The van der Waals surface area contributed by atoms with Crippen molar-refractivity contribution in [3.63, 3.8) is 0 Å². The zero-order chi connectivity index (χ0) is 13.3. The molecular weight excluding hydrogens is 311 g/mol. The van der Waals surface area contributed by atoms with E-state index in [9.17, 15) is 14.0 Å².